The van der Waals surface area contributed by atoms with Crippen molar-refractivity contribution < 1.29 is 14.3 Å². The maximum atomic E-state index is 13.0. The second kappa shape index (κ2) is 10.8. The fourth-order valence-electron chi connectivity index (χ4n) is 3.50. The van der Waals surface area contributed by atoms with Crippen LogP contribution in [0.3, 0.4) is 0 Å². The Morgan fingerprint density at radius 3 is 2.46 bits per heavy atom. The van der Waals surface area contributed by atoms with Crippen molar-refractivity contribution in [2.24, 2.45) is 0 Å². The molecule has 180 valence electrons. The van der Waals surface area contributed by atoms with E-state index in [1.165, 1.54) is 11.8 Å². The lowest BCUT2D eigenvalue weighted by Crippen LogP contribution is -2.47. The van der Waals surface area contributed by atoms with Crippen molar-refractivity contribution >= 4 is 91.8 Å². The fraction of sp³-hybridized carbons (Fsp3) is 0.160. The van der Waals surface area contributed by atoms with E-state index in [-0.39, 0.29) is 5.91 Å². The van der Waals surface area contributed by atoms with Crippen molar-refractivity contribution in [2.45, 2.75) is 16.9 Å². The minimum absolute atomic E-state index is 0.116. The largest absolute Gasteiger partial charge is 0.466 e. The summed E-state index contributed by atoms with van der Waals surface area (Å²) in [6.45, 7) is 2.40. The summed E-state index contributed by atoms with van der Waals surface area (Å²) in [5, 5.41) is 4.36. The molecule has 0 saturated carbocycles. The van der Waals surface area contributed by atoms with Gasteiger partial charge in [-0.3, -0.25) is 14.5 Å². The van der Waals surface area contributed by atoms with Crippen LogP contribution in [0.2, 0.25) is 0 Å². The number of alkyl halides is 3. The third-order valence-corrected chi connectivity index (χ3v) is 7.19. The predicted molar refractivity (Wildman–Crippen MR) is 148 cm³/mol. The normalized spacial score (nSPS) is 16.1. The molecule has 0 bridgehead atoms. The highest BCUT2D eigenvalue weighted by Gasteiger charge is 2.36. The van der Waals surface area contributed by atoms with Crippen LogP contribution in [0.5, 0.6) is 5.75 Å². The van der Waals surface area contributed by atoms with Crippen LogP contribution in [0.25, 0.3) is 16.8 Å². The molecular weight excluding hydrogens is 547 g/mol. The van der Waals surface area contributed by atoms with Crippen LogP contribution >= 0.6 is 58.8 Å². The van der Waals surface area contributed by atoms with Gasteiger partial charge in [-0.25, -0.2) is 0 Å². The molecule has 1 atom stereocenters. The number of carbonyl (C=O) groups excluding carboxylic acids is 2. The smallest absolute Gasteiger partial charge is 0.266 e. The molecule has 35 heavy (non-hydrogen) atoms. The average Bonchev–Trinajstić information content (AvgIpc) is 3.10. The van der Waals surface area contributed by atoms with E-state index in [0.29, 0.717) is 27.1 Å². The highest BCUT2D eigenvalue weighted by Crippen LogP contribution is 2.34. The van der Waals surface area contributed by atoms with E-state index in [0.717, 1.165) is 16.3 Å². The highest BCUT2D eigenvalue weighted by atomic mass is 35.6. The summed E-state index contributed by atoms with van der Waals surface area (Å²) in [6.07, 6.45) is 0.499. The van der Waals surface area contributed by atoms with E-state index in [1.54, 1.807) is 47.4 Å². The third-order valence-electron chi connectivity index (χ3n) is 5.22. The second-order valence-corrected chi connectivity index (χ2v) is 11.6. The van der Waals surface area contributed by atoms with Crippen molar-refractivity contribution in [1.82, 2.24) is 10.2 Å². The van der Waals surface area contributed by atoms with Crippen LogP contribution in [0.4, 0.5) is 0 Å². The number of halogens is 3. The molecule has 5 nitrogen and oxygen atoms in total. The van der Waals surface area contributed by atoms with E-state index in [1.807, 2.05) is 37.3 Å². The van der Waals surface area contributed by atoms with E-state index in [4.69, 9.17) is 51.8 Å². The van der Waals surface area contributed by atoms with Gasteiger partial charge in [-0.15, -0.1) is 0 Å². The van der Waals surface area contributed by atoms with Crippen LogP contribution in [0.1, 0.15) is 22.8 Å². The van der Waals surface area contributed by atoms with Crippen LogP contribution in [-0.4, -0.2) is 37.6 Å². The Balaban J connectivity index is 1.51. The average molecular weight is 566 g/mol. The lowest BCUT2D eigenvalue weighted by atomic mass is 10.0. The van der Waals surface area contributed by atoms with Crippen molar-refractivity contribution in [1.29, 1.82) is 0 Å². The number of likely N-dealkylation sites (N-methyl/N-ethyl adjacent to an activating group) is 1. The molecule has 1 fully saturated rings. The summed E-state index contributed by atoms with van der Waals surface area (Å²) < 4.78 is 4.43. The van der Waals surface area contributed by atoms with Gasteiger partial charge in [-0.05, 0) is 47.5 Å². The molecule has 1 heterocycles. The Labute approximate surface area is 227 Å². The number of hydrogen-bond acceptors (Lipinski definition) is 5. The van der Waals surface area contributed by atoms with Gasteiger partial charge in [0.05, 0.1) is 4.91 Å². The lowest BCUT2D eigenvalue weighted by molar-refractivity contribution is -0.121. The molecule has 0 aromatic heterocycles. The summed E-state index contributed by atoms with van der Waals surface area (Å²) >= 11 is 24.9. The minimum atomic E-state index is -1.94. The predicted octanol–water partition coefficient (Wildman–Crippen LogP) is 6.57. The van der Waals surface area contributed by atoms with Gasteiger partial charge < -0.3 is 10.1 Å². The Morgan fingerprint density at radius 1 is 1.11 bits per heavy atom. The van der Waals surface area contributed by atoms with Gasteiger partial charge in [0.25, 0.3) is 11.8 Å². The molecule has 4 rings (SSSR count). The standard InChI is InChI=1S/C25H19Cl3N2O3S2/c1-2-30-22(32)20(35-24(30)34)14-15-10-12-17(13-11-15)33-23(25(26,27)28)29-21(31)19-9-5-7-16-6-3-4-8-18(16)19/h3-14,23H,2H2,1H3,(H,29,31)/b20-14-/t23-/m0/s1. The van der Waals surface area contributed by atoms with Gasteiger partial charge in [-0.2, -0.15) is 0 Å². The Morgan fingerprint density at radius 2 is 1.80 bits per heavy atom. The highest BCUT2D eigenvalue weighted by molar-refractivity contribution is 8.26. The van der Waals surface area contributed by atoms with Gasteiger partial charge in [0, 0.05) is 12.1 Å². The second-order valence-electron chi connectivity index (χ2n) is 7.53. The number of hydrogen-bond donors (Lipinski definition) is 1. The summed E-state index contributed by atoms with van der Waals surface area (Å²) in [4.78, 5) is 27.6. The third kappa shape index (κ3) is 5.93. The van der Waals surface area contributed by atoms with Crippen LogP contribution in [0, 0.1) is 0 Å². The van der Waals surface area contributed by atoms with Crippen LogP contribution in [0.15, 0.2) is 71.6 Å². The Hall–Kier alpha value is -2.29. The lowest BCUT2D eigenvalue weighted by Gasteiger charge is -2.26. The fourth-order valence-corrected chi connectivity index (χ4v) is 5.18. The Kier molecular flexibility index (Phi) is 7.93. The monoisotopic (exact) mass is 564 g/mol. The number of amides is 2. The van der Waals surface area contributed by atoms with Crippen LogP contribution < -0.4 is 10.1 Å². The van der Waals surface area contributed by atoms with E-state index >= 15 is 0 Å². The van der Waals surface area contributed by atoms with Crippen molar-refractivity contribution in [3.8, 4) is 5.75 Å². The zero-order valence-corrected chi connectivity index (χ0v) is 22.2. The van der Waals surface area contributed by atoms with Gasteiger partial charge >= 0.3 is 0 Å². The number of nitrogens with one attached hydrogen (secondary N) is 1. The van der Waals surface area contributed by atoms with Gasteiger partial charge in [0.15, 0.2) is 0 Å². The number of nitrogens with zero attached hydrogens (tertiary/aromatic N) is 1. The summed E-state index contributed by atoms with van der Waals surface area (Å²) in [6, 6.07) is 19.8. The van der Waals surface area contributed by atoms with E-state index in [9.17, 15) is 9.59 Å². The molecule has 1 aliphatic heterocycles. The first-order valence-electron chi connectivity index (χ1n) is 10.5. The number of thioether (sulfide) groups is 1. The van der Waals surface area contributed by atoms with Crippen LogP contribution in [-0.2, 0) is 4.79 Å². The molecule has 3 aromatic rings. The molecule has 10 heteroatoms. The molecule has 1 N–H and O–H groups in total. The number of benzene rings is 3. The minimum Gasteiger partial charge on any atom is -0.466 e. The molecule has 0 aliphatic carbocycles. The summed E-state index contributed by atoms with van der Waals surface area (Å²) in [7, 11) is 0. The first-order valence-corrected chi connectivity index (χ1v) is 12.9. The molecular formula is C25H19Cl3N2O3S2. The number of rotatable bonds is 6. The maximum Gasteiger partial charge on any atom is 0.266 e. The van der Waals surface area contributed by atoms with E-state index < -0.39 is 15.9 Å². The zero-order valence-electron chi connectivity index (χ0n) is 18.3. The number of ether oxygens (including phenoxy) is 1. The zero-order chi connectivity index (χ0) is 25.2. The molecule has 3 aromatic carbocycles. The SMILES string of the molecule is CCN1C(=O)/C(=C/c2ccc(O[C@H](NC(=O)c3cccc4ccccc34)C(Cl)(Cl)Cl)cc2)SC1=S. The van der Waals surface area contributed by atoms with E-state index in [2.05, 4.69) is 5.32 Å². The quantitative estimate of drug-likeness (QED) is 0.159. The summed E-state index contributed by atoms with van der Waals surface area (Å²) in [5.41, 5.74) is 1.21. The molecule has 1 aliphatic rings. The van der Waals surface area contributed by atoms with Gasteiger partial charge in [0.2, 0.25) is 10.0 Å². The first kappa shape index (κ1) is 25.8. The molecule has 2 amide bonds. The Bertz CT molecular complexity index is 1320. The maximum absolute atomic E-state index is 13.0. The molecule has 0 unspecified atom stereocenters. The number of thiocarbonyl (C=S) groups is 1. The summed E-state index contributed by atoms with van der Waals surface area (Å²) in [5.74, 6) is -0.180. The number of carbonyl (C=O) groups is 2. The van der Waals surface area contributed by atoms with Crippen molar-refractivity contribution in [3.63, 3.8) is 0 Å². The van der Waals surface area contributed by atoms with Gasteiger partial charge in [-0.1, -0.05) is 107 Å². The van der Waals surface area contributed by atoms with Gasteiger partial charge in [0.1, 0.15) is 10.1 Å². The molecule has 0 spiro atoms. The first-order chi connectivity index (χ1) is 16.7. The number of fused-ring (bicyclic) bond motifs is 1. The molecule has 1 saturated heterocycles. The van der Waals surface area contributed by atoms with Crippen molar-refractivity contribution in [3.05, 3.63) is 82.8 Å². The van der Waals surface area contributed by atoms with Crippen molar-refractivity contribution in [2.75, 3.05) is 6.54 Å². The topological polar surface area (TPSA) is 58.6 Å². The molecule has 0 radical (unpaired) electrons.